The molecule has 0 radical (unpaired) electrons. The first kappa shape index (κ1) is 14.0. The third-order valence-corrected chi connectivity index (χ3v) is 3.27. The lowest BCUT2D eigenvalue weighted by atomic mass is 10.0. The van der Waals surface area contributed by atoms with E-state index >= 15 is 0 Å². The Morgan fingerprint density at radius 2 is 1.90 bits per heavy atom. The minimum absolute atomic E-state index is 0.171. The van der Waals surface area contributed by atoms with Crippen molar-refractivity contribution in [3.8, 4) is 0 Å². The number of hydrogen-bond acceptors (Lipinski definition) is 6. The Morgan fingerprint density at radius 1 is 1.30 bits per heavy atom. The highest BCUT2D eigenvalue weighted by Crippen LogP contribution is 2.38. The Labute approximate surface area is 114 Å². The Bertz CT molecular complexity index is 540. The summed E-state index contributed by atoms with van der Waals surface area (Å²) < 4.78 is 9.69. The summed E-state index contributed by atoms with van der Waals surface area (Å²) in [6.45, 7) is 1.85. The normalized spacial score (nSPS) is 27.8. The Kier molecular flexibility index (Phi) is 3.24. The van der Waals surface area contributed by atoms with E-state index in [4.69, 9.17) is 9.47 Å². The van der Waals surface area contributed by atoms with Gasteiger partial charge >= 0.3 is 12.1 Å². The average molecular weight is 282 g/mol. The number of carbonyl (C=O) groups excluding carboxylic acids is 4. The average Bonchev–Trinajstić information content (AvgIpc) is 2.75. The van der Waals surface area contributed by atoms with E-state index < -0.39 is 29.5 Å². The minimum atomic E-state index is -1.88. The van der Waals surface area contributed by atoms with Crippen LogP contribution in [0.15, 0.2) is 11.8 Å². The van der Waals surface area contributed by atoms with Crippen LogP contribution in [0.1, 0.15) is 13.3 Å². The Morgan fingerprint density at radius 3 is 2.40 bits per heavy atom. The van der Waals surface area contributed by atoms with Crippen molar-refractivity contribution < 1.29 is 28.7 Å². The highest BCUT2D eigenvalue weighted by molar-refractivity contribution is 6.18. The van der Waals surface area contributed by atoms with Crippen LogP contribution in [-0.4, -0.2) is 60.0 Å². The van der Waals surface area contributed by atoms with Crippen LogP contribution < -0.4 is 0 Å². The maximum atomic E-state index is 12.2. The standard InChI is InChI=1S/C12H14N2O6/c1-4-19-8(15)5-7-6-12(9(16)13(7)2)10(17)14(3)11(18)20-12/h5H,4,6H2,1-3H3/b7-5+/t12-/m1/s1. The molecule has 0 aromatic rings. The summed E-state index contributed by atoms with van der Waals surface area (Å²) in [4.78, 5) is 49.0. The number of hydrogen-bond donors (Lipinski definition) is 0. The molecule has 0 aliphatic carbocycles. The van der Waals surface area contributed by atoms with E-state index in [0.717, 1.165) is 15.9 Å². The molecule has 8 nitrogen and oxygen atoms in total. The second kappa shape index (κ2) is 4.62. The van der Waals surface area contributed by atoms with Gasteiger partial charge in [-0.25, -0.2) is 14.5 Å². The van der Waals surface area contributed by atoms with Crippen molar-refractivity contribution in [3.63, 3.8) is 0 Å². The zero-order valence-electron chi connectivity index (χ0n) is 11.3. The van der Waals surface area contributed by atoms with Crippen molar-refractivity contribution in [1.29, 1.82) is 0 Å². The maximum absolute atomic E-state index is 12.2. The fourth-order valence-corrected chi connectivity index (χ4v) is 2.18. The van der Waals surface area contributed by atoms with Crippen LogP contribution in [0.5, 0.6) is 0 Å². The SMILES string of the molecule is CCOC(=O)/C=C1\C[C@@]2(OC(=O)N(C)C2=O)C(=O)N1C. The molecule has 2 saturated heterocycles. The van der Waals surface area contributed by atoms with Gasteiger partial charge < -0.3 is 14.4 Å². The molecular weight excluding hydrogens is 268 g/mol. The van der Waals surface area contributed by atoms with Crippen molar-refractivity contribution in [2.75, 3.05) is 20.7 Å². The molecule has 2 aliphatic heterocycles. The van der Waals surface area contributed by atoms with E-state index in [1.54, 1.807) is 6.92 Å². The minimum Gasteiger partial charge on any atom is -0.463 e. The smallest absolute Gasteiger partial charge is 0.417 e. The highest BCUT2D eigenvalue weighted by atomic mass is 16.6. The van der Waals surface area contributed by atoms with Crippen molar-refractivity contribution in [2.24, 2.45) is 0 Å². The molecule has 0 aromatic heterocycles. The Balaban J connectivity index is 2.33. The molecule has 2 aliphatic rings. The van der Waals surface area contributed by atoms with Gasteiger partial charge in [0.2, 0.25) is 0 Å². The predicted molar refractivity (Wildman–Crippen MR) is 64.1 cm³/mol. The summed E-state index contributed by atoms with van der Waals surface area (Å²) in [6, 6.07) is 0. The molecule has 1 spiro atoms. The van der Waals surface area contributed by atoms with Crippen LogP contribution in [0.4, 0.5) is 4.79 Å². The molecule has 0 aromatic carbocycles. The fraction of sp³-hybridized carbons (Fsp3) is 0.500. The molecule has 8 heteroatoms. The van der Waals surface area contributed by atoms with Crippen molar-refractivity contribution >= 4 is 23.9 Å². The van der Waals surface area contributed by atoms with E-state index in [-0.39, 0.29) is 18.7 Å². The quantitative estimate of drug-likeness (QED) is 0.390. The third-order valence-electron chi connectivity index (χ3n) is 3.27. The molecule has 2 heterocycles. The molecule has 1 atom stereocenters. The zero-order valence-corrected chi connectivity index (χ0v) is 11.3. The zero-order chi connectivity index (χ0) is 15.1. The lowest BCUT2D eigenvalue weighted by Crippen LogP contribution is -2.46. The summed E-state index contributed by atoms with van der Waals surface area (Å²) in [6.07, 6.45) is 0.0696. The first-order valence-corrected chi connectivity index (χ1v) is 6.00. The number of carbonyl (C=O) groups is 4. The molecule has 108 valence electrons. The van der Waals surface area contributed by atoms with E-state index in [1.807, 2.05) is 0 Å². The van der Waals surface area contributed by atoms with Gasteiger partial charge in [0.25, 0.3) is 17.4 Å². The lowest BCUT2D eigenvalue weighted by molar-refractivity contribution is -0.149. The maximum Gasteiger partial charge on any atom is 0.417 e. The molecule has 0 bridgehead atoms. The van der Waals surface area contributed by atoms with Crippen molar-refractivity contribution in [2.45, 2.75) is 18.9 Å². The molecule has 0 N–H and O–H groups in total. The summed E-state index contributed by atoms with van der Waals surface area (Å²) in [7, 11) is 2.64. The van der Waals surface area contributed by atoms with Crippen LogP contribution >= 0.6 is 0 Å². The molecule has 2 rings (SSSR count). The number of amides is 3. The van der Waals surface area contributed by atoms with E-state index in [1.165, 1.54) is 14.1 Å². The number of nitrogens with zero attached hydrogens (tertiary/aromatic N) is 2. The molecule has 3 amide bonds. The van der Waals surface area contributed by atoms with Gasteiger partial charge in [-0.05, 0) is 6.92 Å². The van der Waals surface area contributed by atoms with Gasteiger partial charge in [-0.3, -0.25) is 9.59 Å². The van der Waals surface area contributed by atoms with Crippen LogP contribution in [0.3, 0.4) is 0 Å². The Hall–Kier alpha value is -2.38. The second-order valence-electron chi connectivity index (χ2n) is 4.49. The number of ether oxygens (including phenoxy) is 2. The van der Waals surface area contributed by atoms with Gasteiger partial charge in [0.1, 0.15) is 0 Å². The second-order valence-corrected chi connectivity index (χ2v) is 4.49. The number of imide groups is 1. The van der Waals surface area contributed by atoms with Gasteiger partial charge in [-0.15, -0.1) is 0 Å². The van der Waals surface area contributed by atoms with E-state index in [9.17, 15) is 19.2 Å². The van der Waals surface area contributed by atoms with Crippen LogP contribution in [0.25, 0.3) is 0 Å². The highest BCUT2D eigenvalue weighted by Gasteiger charge is 2.63. The van der Waals surface area contributed by atoms with Crippen LogP contribution in [-0.2, 0) is 23.9 Å². The molecule has 0 unspecified atom stereocenters. The van der Waals surface area contributed by atoms with Gasteiger partial charge in [-0.1, -0.05) is 0 Å². The number of likely N-dealkylation sites (tertiary alicyclic amines) is 1. The van der Waals surface area contributed by atoms with Crippen LogP contribution in [0.2, 0.25) is 0 Å². The largest absolute Gasteiger partial charge is 0.463 e. The number of rotatable bonds is 2. The predicted octanol–water partition coefficient (Wildman–Crippen LogP) is -0.357. The number of likely N-dealkylation sites (N-methyl/N-ethyl adjacent to an activating group) is 2. The fourth-order valence-electron chi connectivity index (χ4n) is 2.18. The topological polar surface area (TPSA) is 93.2 Å². The number of esters is 1. The molecular formula is C12H14N2O6. The molecule has 0 saturated carbocycles. The summed E-state index contributed by atoms with van der Waals surface area (Å²) >= 11 is 0. The summed E-state index contributed by atoms with van der Waals surface area (Å²) in [5.74, 6) is -2.02. The first-order valence-electron chi connectivity index (χ1n) is 6.00. The molecule has 2 fully saturated rings. The van der Waals surface area contributed by atoms with Crippen molar-refractivity contribution in [1.82, 2.24) is 9.80 Å². The van der Waals surface area contributed by atoms with Gasteiger partial charge in [0.05, 0.1) is 6.61 Å². The van der Waals surface area contributed by atoms with Gasteiger partial charge in [0, 0.05) is 32.3 Å². The summed E-state index contributed by atoms with van der Waals surface area (Å²) in [5, 5.41) is 0. The molecule has 20 heavy (non-hydrogen) atoms. The van der Waals surface area contributed by atoms with E-state index in [0.29, 0.717) is 0 Å². The monoisotopic (exact) mass is 282 g/mol. The van der Waals surface area contributed by atoms with Gasteiger partial charge in [-0.2, -0.15) is 0 Å². The van der Waals surface area contributed by atoms with E-state index in [2.05, 4.69) is 0 Å². The van der Waals surface area contributed by atoms with Crippen molar-refractivity contribution in [3.05, 3.63) is 11.8 Å². The lowest BCUT2D eigenvalue weighted by Gasteiger charge is -2.15. The summed E-state index contributed by atoms with van der Waals surface area (Å²) in [5.41, 5.74) is -1.61. The third kappa shape index (κ3) is 1.84. The van der Waals surface area contributed by atoms with Crippen LogP contribution in [0, 0.1) is 0 Å². The first-order chi connectivity index (χ1) is 9.33. The van der Waals surface area contributed by atoms with Gasteiger partial charge in [0.15, 0.2) is 0 Å².